The van der Waals surface area contributed by atoms with E-state index in [0.29, 0.717) is 6.04 Å². The average Bonchev–Trinajstić information content (AvgIpc) is 2.42. The SMILES string of the molecule is O=S1CCC(Nc2nncc3ccccc23)CC1. The molecule has 1 aromatic heterocycles. The molecule has 0 atom stereocenters. The number of benzene rings is 1. The van der Waals surface area contributed by atoms with Crippen molar-refractivity contribution in [2.24, 2.45) is 0 Å². The van der Waals surface area contributed by atoms with Gasteiger partial charge in [0.05, 0.1) is 6.20 Å². The Morgan fingerprint density at radius 1 is 1.22 bits per heavy atom. The van der Waals surface area contributed by atoms with Gasteiger partial charge in [0.25, 0.3) is 0 Å². The summed E-state index contributed by atoms with van der Waals surface area (Å²) in [6.45, 7) is 0. The van der Waals surface area contributed by atoms with Gasteiger partial charge in [-0.15, -0.1) is 5.10 Å². The van der Waals surface area contributed by atoms with Crippen LogP contribution in [-0.2, 0) is 10.8 Å². The fraction of sp³-hybridized carbons (Fsp3) is 0.385. The Labute approximate surface area is 108 Å². The molecule has 0 amide bonds. The van der Waals surface area contributed by atoms with E-state index in [-0.39, 0.29) is 0 Å². The Morgan fingerprint density at radius 2 is 2.00 bits per heavy atom. The lowest BCUT2D eigenvalue weighted by Crippen LogP contribution is -2.29. The molecule has 0 spiro atoms. The third-order valence-electron chi connectivity index (χ3n) is 3.30. The number of fused-ring (bicyclic) bond motifs is 1. The molecule has 4 nitrogen and oxygen atoms in total. The van der Waals surface area contributed by atoms with Crippen LogP contribution in [0.2, 0.25) is 0 Å². The molecule has 18 heavy (non-hydrogen) atoms. The maximum absolute atomic E-state index is 11.3. The highest BCUT2D eigenvalue weighted by molar-refractivity contribution is 7.85. The number of aromatic nitrogens is 2. The van der Waals surface area contributed by atoms with Gasteiger partial charge in [0.1, 0.15) is 0 Å². The zero-order chi connectivity index (χ0) is 12.4. The van der Waals surface area contributed by atoms with Crippen LogP contribution in [0.4, 0.5) is 5.82 Å². The molecule has 1 fully saturated rings. The summed E-state index contributed by atoms with van der Waals surface area (Å²) in [4.78, 5) is 0. The predicted octanol–water partition coefficient (Wildman–Crippen LogP) is 1.95. The summed E-state index contributed by atoms with van der Waals surface area (Å²) in [6, 6.07) is 8.45. The minimum absolute atomic E-state index is 0.364. The van der Waals surface area contributed by atoms with Crippen LogP contribution >= 0.6 is 0 Å². The molecule has 94 valence electrons. The first-order chi connectivity index (χ1) is 8.83. The molecule has 0 radical (unpaired) electrons. The second-order valence-electron chi connectivity index (χ2n) is 4.55. The summed E-state index contributed by atoms with van der Waals surface area (Å²) >= 11 is 0. The largest absolute Gasteiger partial charge is 0.365 e. The van der Waals surface area contributed by atoms with Crippen LogP contribution in [0.3, 0.4) is 0 Å². The molecule has 1 aliphatic rings. The summed E-state index contributed by atoms with van der Waals surface area (Å²) in [5.41, 5.74) is 0. The first-order valence-electron chi connectivity index (χ1n) is 6.15. The summed E-state index contributed by atoms with van der Waals surface area (Å²) in [6.07, 6.45) is 3.66. The van der Waals surface area contributed by atoms with Crippen molar-refractivity contribution in [2.75, 3.05) is 16.8 Å². The fourth-order valence-corrected chi connectivity index (χ4v) is 3.56. The average molecular weight is 261 g/mol. The molecule has 5 heteroatoms. The monoisotopic (exact) mass is 261 g/mol. The first-order valence-corrected chi connectivity index (χ1v) is 7.64. The van der Waals surface area contributed by atoms with E-state index in [2.05, 4.69) is 15.5 Å². The second-order valence-corrected chi connectivity index (χ2v) is 6.24. The topological polar surface area (TPSA) is 54.9 Å². The fourth-order valence-electron chi connectivity index (χ4n) is 2.27. The van der Waals surface area contributed by atoms with Crippen LogP contribution in [0.5, 0.6) is 0 Å². The van der Waals surface area contributed by atoms with Crippen molar-refractivity contribution < 1.29 is 4.21 Å². The van der Waals surface area contributed by atoms with Crippen molar-refractivity contribution in [3.63, 3.8) is 0 Å². The maximum atomic E-state index is 11.3. The molecule has 0 bridgehead atoms. The Balaban J connectivity index is 1.84. The highest BCUT2D eigenvalue weighted by Crippen LogP contribution is 2.22. The van der Waals surface area contributed by atoms with Gasteiger partial charge in [0, 0.05) is 39.1 Å². The normalized spacial score (nSPS) is 24.0. The van der Waals surface area contributed by atoms with Gasteiger partial charge in [-0.2, -0.15) is 5.10 Å². The van der Waals surface area contributed by atoms with Gasteiger partial charge < -0.3 is 5.32 Å². The Morgan fingerprint density at radius 3 is 2.83 bits per heavy atom. The molecule has 2 aromatic rings. The van der Waals surface area contributed by atoms with Crippen molar-refractivity contribution in [3.8, 4) is 0 Å². The molecule has 0 saturated carbocycles. The van der Waals surface area contributed by atoms with Crippen molar-refractivity contribution in [2.45, 2.75) is 18.9 Å². The molecule has 1 aromatic carbocycles. The standard InChI is InChI=1S/C13H15N3OS/c17-18-7-5-11(6-8-18)15-13-12-4-2-1-3-10(12)9-14-16-13/h1-4,9,11H,5-8H2,(H,15,16). The van der Waals surface area contributed by atoms with Gasteiger partial charge in [-0.3, -0.25) is 4.21 Å². The van der Waals surface area contributed by atoms with E-state index >= 15 is 0 Å². The highest BCUT2D eigenvalue weighted by Gasteiger charge is 2.18. The zero-order valence-electron chi connectivity index (χ0n) is 10.0. The number of nitrogens with zero attached hydrogens (tertiary/aromatic N) is 2. The van der Waals surface area contributed by atoms with Gasteiger partial charge in [-0.1, -0.05) is 24.3 Å². The molecule has 0 unspecified atom stereocenters. The third kappa shape index (κ3) is 2.36. The van der Waals surface area contributed by atoms with Crippen LogP contribution in [0.1, 0.15) is 12.8 Å². The molecule has 1 aliphatic heterocycles. The van der Waals surface area contributed by atoms with Gasteiger partial charge in [-0.05, 0) is 12.8 Å². The molecular weight excluding hydrogens is 246 g/mol. The van der Waals surface area contributed by atoms with E-state index in [4.69, 9.17) is 0 Å². The van der Waals surface area contributed by atoms with Gasteiger partial charge in [0.15, 0.2) is 5.82 Å². The van der Waals surface area contributed by atoms with Crippen LogP contribution in [0.15, 0.2) is 30.5 Å². The number of rotatable bonds is 2. The molecular formula is C13H15N3OS. The number of anilines is 1. The van der Waals surface area contributed by atoms with Crippen molar-refractivity contribution in [1.82, 2.24) is 10.2 Å². The molecule has 3 rings (SSSR count). The van der Waals surface area contributed by atoms with E-state index < -0.39 is 10.8 Å². The second kappa shape index (κ2) is 5.02. The van der Waals surface area contributed by atoms with Gasteiger partial charge in [-0.25, -0.2) is 0 Å². The molecule has 2 heterocycles. The van der Waals surface area contributed by atoms with E-state index in [1.165, 1.54) is 0 Å². The maximum Gasteiger partial charge on any atom is 0.156 e. The number of hydrogen-bond acceptors (Lipinski definition) is 4. The van der Waals surface area contributed by atoms with Crippen LogP contribution in [-0.4, -0.2) is 32.0 Å². The lowest BCUT2D eigenvalue weighted by molar-refractivity contribution is 0.622. The minimum atomic E-state index is -0.622. The van der Waals surface area contributed by atoms with Crippen LogP contribution in [0.25, 0.3) is 10.8 Å². The van der Waals surface area contributed by atoms with Gasteiger partial charge in [0.2, 0.25) is 0 Å². The van der Waals surface area contributed by atoms with Crippen molar-refractivity contribution in [3.05, 3.63) is 30.5 Å². The Bertz CT molecular complexity index is 572. The molecule has 0 aliphatic carbocycles. The van der Waals surface area contributed by atoms with Crippen molar-refractivity contribution >= 4 is 27.4 Å². The van der Waals surface area contributed by atoms with Crippen LogP contribution < -0.4 is 5.32 Å². The van der Waals surface area contributed by atoms with E-state index in [1.807, 2.05) is 24.3 Å². The molecule has 1 saturated heterocycles. The first kappa shape index (κ1) is 11.6. The van der Waals surface area contributed by atoms with E-state index in [0.717, 1.165) is 40.9 Å². The number of hydrogen-bond donors (Lipinski definition) is 1. The van der Waals surface area contributed by atoms with Crippen molar-refractivity contribution in [1.29, 1.82) is 0 Å². The van der Waals surface area contributed by atoms with Gasteiger partial charge >= 0.3 is 0 Å². The highest BCUT2D eigenvalue weighted by atomic mass is 32.2. The summed E-state index contributed by atoms with van der Waals surface area (Å²) in [5.74, 6) is 2.41. The third-order valence-corrected chi connectivity index (χ3v) is 4.68. The van der Waals surface area contributed by atoms with E-state index in [9.17, 15) is 4.21 Å². The smallest absolute Gasteiger partial charge is 0.156 e. The zero-order valence-corrected chi connectivity index (χ0v) is 10.8. The van der Waals surface area contributed by atoms with Crippen LogP contribution in [0, 0.1) is 0 Å². The quantitative estimate of drug-likeness (QED) is 0.897. The molecule has 1 N–H and O–H groups in total. The lowest BCUT2D eigenvalue weighted by atomic mass is 10.1. The predicted molar refractivity (Wildman–Crippen MR) is 74.1 cm³/mol. The summed E-state index contributed by atoms with van der Waals surface area (Å²) < 4.78 is 11.3. The Hall–Kier alpha value is -1.49. The summed E-state index contributed by atoms with van der Waals surface area (Å²) in [5, 5.41) is 13.8. The Kier molecular flexibility index (Phi) is 3.23. The number of nitrogens with one attached hydrogen (secondary N) is 1. The van der Waals surface area contributed by atoms with E-state index in [1.54, 1.807) is 6.20 Å². The lowest BCUT2D eigenvalue weighted by Gasteiger charge is -2.23. The summed E-state index contributed by atoms with van der Waals surface area (Å²) in [7, 11) is -0.622. The minimum Gasteiger partial charge on any atom is -0.365 e.